The molecule has 0 radical (unpaired) electrons. The molecule has 1 fully saturated rings. The molecular formula is C19H29N3. The summed E-state index contributed by atoms with van der Waals surface area (Å²) in [6, 6.07) is 2.55. The number of aromatic nitrogens is 2. The van der Waals surface area contributed by atoms with Gasteiger partial charge in [0.1, 0.15) is 11.2 Å². The van der Waals surface area contributed by atoms with Crippen LogP contribution in [-0.2, 0) is 11.8 Å². The van der Waals surface area contributed by atoms with Gasteiger partial charge in [-0.3, -0.25) is 0 Å². The molecule has 3 heteroatoms. The van der Waals surface area contributed by atoms with Gasteiger partial charge in [-0.05, 0) is 50.0 Å². The van der Waals surface area contributed by atoms with Gasteiger partial charge in [0.2, 0.25) is 0 Å². The van der Waals surface area contributed by atoms with Crippen LogP contribution >= 0.6 is 0 Å². The van der Waals surface area contributed by atoms with E-state index in [9.17, 15) is 5.26 Å². The lowest BCUT2D eigenvalue weighted by atomic mass is 9.69. The number of rotatable bonds is 7. The smallest absolute Gasteiger partial charge is 0.148 e. The third-order valence-electron chi connectivity index (χ3n) is 5.09. The molecule has 0 saturated heterocycles. The van der Waals surface area contributed by atoms with Crippen molar-refractivity contribution in [2.75, 3.05) is 0 Å². The van der Waals surface area contributed by atoms with E-state index in [0.29, 0.717) is 0 Å². The van der Waals surface area contributed by atoms with Crippen molar-refractivity contribution in [1.29, 1.82) is 5.26 Å². The van der Waals surface area contributed by atoms with E-state index >= 15 is 0 Å². The summed E-state index contributed by atoms with van der Waals surface area (Å²) >= 11 is 0. The van der Waals surface area contributed by atoms with Crippen LogP contribution in [0.2, 0.25) is 0 Å². The fraction of sp³-hybridized carbons (Fsp3) is 0.737. The SMILES string of the molecule is CCCCc1cnc(C2(C#N)CCC(CCCC)CC2)nc1. The number of hydrogen-bond donors (Lipinski definition) is 0. The molecule has 2 rings (SSSR count). The normalized spacial score (nSPS) is 24.9. The topological polar surface area (TPSA) is 49.6 Å². The summed E-state index contributed by atoms with van der Waals surface area (Å²) in [7, 11) is 0. The van der Waals surface area contributed by atoms with E-state index in [1.807, 2.05) is 12.4 Å². The zero-order chi connectivity index (χ0) is 15.8. The first-order chi connectivity index (χ1) is 10.7. The molecule has 0 aliphatic heterocycles. The molecule has 0 atom stereocenters. The summed E-state index contributed by atoms with van der Waals surface area (Å²) in [5.41, 5.74) is 0.752. The van der Waals surface area contributed by atoms with Crippen LogP contribution in [0.4, 0.5) is 0 Å². The number of hydrogen-bond acceptors (Lipinski definition) is 3. The molecule has 1 aliphatic rings. The lowest BCUT2D eigenvalue weighted by Crippen LogP contribution is -2.32. The lowest BCUT2D eigenvalue weighted by Gasteiger charge is -2.33. The highest BCUT2D eigenvalue weighted by molar-refractivity contribution is 5.22. The summed E-state index contributed by atoms with van der Waals surface area (Å²) < 4.78 is 0. The van der Waals surface area contributed by atoms with Crippen molar-refractivity contribution >= 4 is 0 Å². The summed E-state index contributed by atoms with van der Waals surface area (Å²) in [5.74, 6) is 1.55. The molecule has 0 unspecified atom stereocenters. The highest BCUT2D eigenvalue weighted by Gasteiger charge is 2.39. The fourth-order valence-corrected chi connectivity index (χ4v) is 3.45. The summed E-state index contributed by atoms with van der Waals surface area (Å²) in [5, 5.41) is 9.74. The minimum atomic E-state index is -0.438. The Morgan fingerprint density at radius 3 is 2.32 bits per heavy atom. The Morgan fingerprint density at radius 2 is 1.77 bits per heavy atom. The Labute approximate surface area is 135 Å². The van der Waals surface area contributed by atoms with E-state index in [2.05, 4.69) is 29.9 Å². The zero-order valence-electron chi connectivity index (χ0n) is 14.1. The second-order valence-corrected chi connectivity index (χ2v) is 6.80. The van der Waals surface area contributed by atoms with E-state index in [4.69, 9.17) is 0 Å². The molecule has 1 saturated carbocycles. The van der Waals surface area contributed by atoms with Gasteiger partial charge in [-0.25, -0.2) is 9.97 Å². The number of nitrogens with zero attached hydrogens (tertiary/aromatic N) is 3. The van der Waals surface area contributed by atoms with Gasteiger partial charge in [0.25, 0.3) is 0 Å². The molecule has 0 amide bonds. The Balaban J connectivity index is 2.01. The molecule has 120 valence electrons. The second-order valence-electron chi connectivity index (χ2n) is 6.80. The highest BCUT2D eigenvalue weighted by Crippen LogP contribution is 2.41. The first-order valence-corrected chi connectivity index (χ1v) is 8.96. The van der Waals surface area contributed by atoms with Gasteiger partial charge in [-0.15, -0.1) is 0 Å². The van der Waals surface area contributed by atoms with Crippen LogP contribution in [0.15, 0.2) is 12.4 Å². The molecule has 0 N–H and O–H groups in total. The lowest BCUT2D eigenvalue weighted by molar-refractivity contribution is 0.255. The van der Waals surface area contributed by atoms with Gasteiger partial charge < -0.3 is 0 Å². The monoisotopic (exact) mass is 299 g/mol. The van der Waals surface area contributed by atoms with Crippen LogP contribution in [0.3, 0.4) is 0 Å². The number of unbranched alkanes of at least 4 members (excludes halogenated alkanes) is 2. The third-order valence-corrected chi connectivity index (χ3v) is 5.09. The molecule has 0 bridgehead atoms. The van der Waals surface area contributed by atoms with Gasteiger partial charge in [0, 0.05) is 12.4 Å². The van der Waals surface area contributed by atoms with Crippen LogP contribution in [0.1, 0.15) is 83.0 Å². The first-order valence-electron chi connectivity index (χ1n) is 8.96. The Hall–Kier alpha value is -1.43. The molecule has 22 heavy (non-hydrogen) atoms. The van der Waals surface area contributed by atoms with Gasteiger partial charge in [0.15, 0.2) is 0 Å². The maximum atomic E-state index is 9.74. The summed E-state index contributed by atoms with van der Waals surface area (Å²) in [6.07, 6.45) is 15.3. The highest BCUT2D eigenvalue weighted by atomic mass is 14.9. The number of aryl methyl sites for hydroxylation is 1. The average Bonchev–Trinajstić information content (AvgIpc) is 2.59. The van der Waals surface area contributed by atoms with Crippen molar-refractivity contribution in [2.24, 2.45) is 5.92 Å². The van der Waals surface area contributed by atoms with Crippen LogP contribution in [-0.4, -0.2) is 9.97 Å². The Kier molecular flexibility index (Phi) is 6.36. The minimum absolute atomic E-state index is 0.438. The molecule has 1 aliphatic carbocycles. The second kappa shape index (κ2) is 8.27. The van der Waals surface area contributed by atoms with Gasteiger partial charge in [-0.2, -0.15) is 5.26 Å². The van der Waals surface area contributed by atoms with Gasteiger partial charge >= 0.3 is 0 Å². The maximum Gasteiger partial charge on any atom is 0.148 e. The van der Waals surface area contributed by atoms with E-state index in [-0.39, 0.29) is 0 Å². The van der Waals surface area contributed by atoms with Crippen molar-refractivity contribution in [3.05, 3.63) is 23.8 Å². The van der Waals surface area contributed by atoms with Crippen molar-refractivity contribution in [2.45, 2.75) is 83.5 Å². The molecule has 1 aromatic rings. The predicted octanol–water partition coefficient (Wildman–Crippen LogP) is 4.96. The molecular weight excluding hydrogens is 270 g/mol. The Bertz CT molecular complexity index is 478. The van der Waals surface area contributed by atoms with E-state index in [1.54, 1.807) is 0 Å². The van der Waals surface area contributed by atoms with Crippen LogP contribution in [0.5, 0.6) is 0 Å². The van der Waals surface area contributed by atoms with Crippen molar-refractivity contribution in [1.82, 2.24) is 9.97 Å². The standard InChI is InChI=1S/C19H29N3/c1-3-5-7-16-9-11-19(15-20,12-10-16)18-21-13-17(14-22-18)8-6-4-2/h13-14,16H,3-12H2,1-2H3. The van der Waals surface area contributed by atoms with E-state index in [0.717, 1.165) is 43.8 Å². The van der Waals surface area contributed by atoms with Gasteiger partial charge in [-0.1, -0.05) is 39.5 Å². The third kappa shape index (κ3) is 4.06. The average molecular weight is 299 g/mol. The van der Waals surface area contributed by atoms with E-state index in [1.165, 1.54) is 37.7 Å². The number of nitriles is 1. The van der Waals surface area contributed by atoms with Crippen molar-refractivity contribution in [3.63, 3.8) is 0 Å². The van der Waals surface area contributed by atoms with Crippen molar-refractivity contribution < 1.29 is 0 Å². The predicted molar refractivity (Wildman–Crippen MR) is 89.4 cm³/mol. The van der Waals surface area contributed by atoms with Crippen LogP contribution in [0.25, 0.3) is 0 Å². The quantitative estimate of drug-likeness (QED) is 0.715. The maximum absolute atomic E-state index is 9.74. The molecule has 3 nitrogen and oxygen atoms in total. The summed E-state index contributed by atoms with van der Waals surface area (Å²) in [4.78, 5) is 9.10. The molecule has 1 heterocycles. The summed E-state index contributed by atoms with van der Waals surface area (Å²) in [6.45, 7) is 4.44. The molecule has 0 spiro atoms. The van der Waals surface area contributed by atoms with Crippen LogP contribution < -0.4 is 0 Å². The van der Waals surface area contributed by atoms with E-state index < -0.39 is 5.41 Å². The van der Waals surface area contributed by atoms with Gasteiger partial charge in [0.05, 0.1) is 6.07 Å². The molecule has 0 aromatic carbocycles. The first kappa shape index (κ1) is 16.9. The fourth-order valence-electron chi connectivity index (χ4n) is 3.45. The largest absolute Gasteiger partial charge is 0.239 e. The van der Waals surface area contributed by atoms with Crippen LogP contribution in [0, 0.1) is 17.2 Å². The molecule has 1 aromatic heterocycles. The van der Waals surface area contributed by atoms with Crippen molar-refractivity contribution in [3.8, 4) is 6.07 Å². The zero-order valence-corrected chi connectivity index (χ0v) is 14.1. The Morgan fingerprint density at radius 1 is 1.14 bits per heavy atom. The minimum Gasteiger partial charge on any atom is -0.239 e.